The number of hydrogen-bond acceptors (Lipinski definition) is 7. The number of aromatic nitrogens is 1. The number of likely N-dealkylation sites (N-methyl/N-ethyl adjacent to an activating group) is 1. The zero-order valence-corrected chi connectivity index (χ0v) is 17.9. The summed E-state index contributed by atoms with van der Waals surface area (Å²) in [5, 5.41) is 30.1. The van der Waals surface area contributed by atoms with Crippen LogP contribution in [0.3, 0.4) is 0 Å². The van der Waals surface area contributed by atoms with Gasteiger partial charge in [-0.1, -0.05) is 49.0 Å². The van der Waals surface area contributed by atoms with Gasteiger partial charge in [0.15, 0.2) is 0 Å². The molecule has 0 spiro atoms. The van der Waals surface area contributed by atoms with Crippen LogP contribution in [-0.4, -0.2) is 42.2 Å². The van der Waals surface area contributed by atoms with Crippen molar-refractivity contribution in [3.05, 3.63) is 52.6 Å². The van der Waals surface area contributed by atoms with Crippen LogP contribution in [0.1, 0.15) is 34.4 Å². The van der Waals surface area contributed by atoms with Crippen LogP contribution in [0.25, 0.3) is 0 Å². The summed E-state index contributed by atoms with van der Waals surface area (Å²) in [7, 11) is 1.68. The highest BCUT2D eigenvalue weighted by atomic mass is 32.2. The number of nitrogens with zero attached hydrogens (tertiary/aromatic N) is 4. The summed E-state index contributed by atoms with van der Waals surface area (Å²) in [6, 6.07) is 13.2. The largest absolute Gasteiger partial charge is 0.465 e. The number of benzene rings is 1. The summed E-state index contributed by atoms with van der Waals surface area (Å²) in [5.41, 5.74) is 7.30. The molecule has 9 nitrogen and oxygen atoms in total. The van der Waals surface area contributed by atoms with Gasteiger partial charge in [-0.15, -0.1) is 0 Å². The van der Waals surface area contributed by atoms with Gasteiger partial charge in [0.1, 0.15) is 28.2 Å². The molecule has 0 fully saturated rings. The Hall–Kier alpha value is -3.76. The molecule has 0 saturated heterocycles. The molecule has 0 radical (unpaired) electrons. The van der Waals surface area contributed by atoms with E-state index in [0.29, 0.717) is 28.4 Å². The predicted octanol–water partition coefficient (Wildman–Crippen LogP) is 2.41. The van der Waals surface area contributed by atoms with Crippen LogP contribution in [0.4, 0.5) is 10.6 Å². The van der Waals surface area contributed by atoms with Crippen molar-refractivity contribution in [1.29, 1.82) is 10.5 Å². The van der Waals surface area contributed by atoms with Crippen LogP contribution in [-0.2, 0) is 11.2 Å². The molecule has 0 aliphatic heterocycles. The van der Waals surface area contributed by atoms with Gasteiger partial charge in [0.2, 0.25) is 5.91 Å². The van der Waals surface area contributed by atoms with Crippen molar-refractivity contribution in [3.63, 3.8) is 0 Å². The molecule has 0 aliphatic rings. The first-order valence-corrected chi connectivity index (χ1v) is 10.3. The van der Waals surface area contributed by atoms with Gasteiger partial charge >= 0.3 is 6.09 Å². The number of anilines is 1. The Balaban J connectivity index is 2.55. The molecule has 0 aliphatic carbocycles. The lowest BCUT2D eigenvalue weighted by atomic mass is 10.0. The Morgan fingerprint density at radius 1 is 1.26 bits per heavy atom. The van der Waals surface area contributed by atoms with Gasteiger partial charge in [-0.25, -0.2) is 9.78 Å². The molecule has 31 heavy (non-hydrogen) atoms. The number of hydrogen-bond donors (Lipinski definition) is 3. The molecule has 2 rings (SSSR count). The molecule has 1 aromatic carbocycles. The number of nitrogens with two attached hydrogens (primary N) is 1. The monoisotopic (exact) mass is 438 g/mol. The smallest absolute Gasteiger partial charge is 0.404 e. The molecular formula is C21H22N6O3S. The fourth-order valence-electron chi connectivity index (χ4n) is 3.01. The number of rotatable bonds is 9. The van der Waals surface area contributed by atoms with Crippen molar-refractivity contribution in [3.8, 4) is 12.1 Å². The van der Waals surface area contributed by atoms with Crippen LogP contribution in [0, 0.1) is 22.7 Å². The lowest BCUT2D eigenvalue weighted by molar-refractivity contribution is -0.117. The minimum Gasteiger partial charge on any atom is -0.465 e. The molecule has 0 bridgehead atoms. The molecule has 2 aromatic rings. The molecule has 1 aromatic heterocycles. The number of carboxylic acid groups (broad SMARTS) is 1. The van der Waals surface area contributed by atoms with E-state index in [-0.39, 0.29) is 24.2 Å². The van der Waals surface area contributed by atoms with Crippen LogP contribution >= 0.6 is 11.8 Å². The third-order valence-corrected chi connectivity index (χ3v) is 5.76. The van der Waals surface area contributed by atoms with Crippen molar-refractivity contribution in [1.82, 2.24) is 10.3 Å². The zero-order valence-electron chi connectivity index (χ0n) is 17.1. The average molecular weight is 439 g/mol. The van der Waals surface area contributed by atoms with E-state index >= 15 is 0 Å². The minimum absolute atomic E-state index is 0.121. The summed E-state index contributed by atoms with van der Waals surface area (Å²) in [5.74, 6) is -0.269. The third-order valence-electron chi connectivity index (χ3n) is 4.50. The summed E-state index contributed by atoms with van der Waals surface area (Å²) >= 11 is 1.06. The molecule has 1 heterocycles. The molecule has 1 unspecified atom stereocenters. The van der Waals surface area contributed by atoms with E-state index in [1.54, 1.807) is 36.2 Å². The van der Waals surface area contributed by atoms with Gasteiger partial charge in [-0.2, -0.15) is 10.5 Å². The van der Waals surface area contributed by atoms with Gasteiger partial charge < -0.3 is 21.1 Å². The second-order valence-electron chi connectivity index (χ2n) is 6.51. The molecule has 2 amide bonds. The molecule has 10 heteroatoms. The maximum absolute atomic E-state index is 12.2. The van der Waals surface area contributed by atoms with E-state index in [2.05, 4.69) is 22.4 Å². The number of carbonyl (C=O) groups is 2. The Bertz CT molecular complexity index is 1050. The molecule has 160 valence electrons. The maximum Gasteiger partial charge on any atom is 0.404 e. The quantitative estimate of drug-likeness (QED) is 0.504. The summed E-state index contributed by atoms with van der Waals surface area (Å²) < 4.78 is 0. The van der Waals surface area contributed by atoms with E-state index in [1.165, 1.54) is 0 Å². The van der Waals surface area contributed by atoms with Gasteiger partial charge in [0.05, 0.1) is 11.1 Å². The Kier molecular flexibility index (Phi) is 8.24. The van der Waals surface area contributed by atoms with E-state index in [1.807, 2.05) is 13.0 Å². The normalized spacial score (nSPS) is 11.1. The van der Waals surface area contributed by atoms with Gasteiger partial charge in [0, 0.05) is 20.1 Å². The molecular weight excluding hydrogens is 416 g/mol. The maximum atomic E-state index is 12.2. The van der Waals surface area contributed by atoms with Crippen molar-refractivity contribution < 1.29 is 14.7 Å². The first kappa shape index (κ1) is 23.5. The van der Waals surface area contributed by atoms with Gasteiger partial charge in [-0.05, 0) is 17.5 Å². The van der Waals surface area contributed by atoms with E-state index in [4.69, 9.17) is 10.8 Å². The average Bonchev–Trinajstić information content (AvgIpc) is 2.76. The highest BCUT2D eigenvalue weighted by Crippen LogP contribution is 2.39. The number of nitriles is 2. The lowest BCUT2D eigenvalue weighted by Gasteiger charge is -2.23. The molecule has 0 saturated carbocycles. The fraction of sp³-hybridized carbons (Fsp3) is 0.286. The topological polar surface area (TPSA) is 156 Å². The number of primary amides is 1. The second-order valence-corrected chi connectivity index (χ2v) is 7.60. The first-order valence-electron chi connectivity index (χ1n) is 9.39. The second kappa shape index (κ2) is 10.9. The number of pyridine rings is 1. The molecule has 1 atom stereocenters. The van der Waals surface area contributed by atoms with E-state index in [0.717, 1.165) is 11.8 Å². The number of thioether (sulfide) groups is 1. The summed E-state index contributed by atoms with van der Waals surface area (Å²) in [4.78, 5) is 29.1. The number of nitrogens with one attached hydrogen (secondary N) is 1. The van der Waals surface area contributed by atoms with Crippen molar-refractivity contribution in [2.45, 2.75) is 23.6 Å². The standard InChI is InChI=1S/C21H22N6O3S/c1-3-14-15(11-22)19(27(2)10-9-25-21(29)30)26-20(16(14)12-23)31-17(18(24)28)13-7-5-4-6-8-13/h4-8,17,25H,3,9-10H2,1-2H3,(H2,24,28)(H,29,30). The minimum atomic E-state index is -1.15. The predicted molar refractivity (Wildman–Crippen MR) is 117 cm³/mol. The fourth-order valence-corrected chi connectivity index (χ4v) is 4.07. The van der Waals surface area contributed by atoms with Crippen molar-refractivity contribution in [2.24, 2.45) is 5.73 Å². The van der Waals surface area contributed by atoms with Crippen molar-refractivity contribution in [2.75, 3.05) is 25.0 Å². The first-order chi connectivity index (χ1) is 14.8. The van der Waals surface area contributed by atoms with Crippen LogP contribution < -0.4 is 16.0 Å². The highest BCUT2D eigenvalue weighted by Gasteiger charge is 2.26. The molecule has 4 N–H and O–H groups in total. The van der Waals surface area contributed by atoms with Crippen molar-refractivity contribution >= 4 is 29.6 Å². The van der Waals surface area contributed by atoms with E-state index < -0.39 is 17.3 Å². The summed E-state index contributed by atoms with van der Waals surface area (Å²) in [6.07, 6.45) is -0.748. The van der Waals surface area contributed by atoms with Crippen LogP contribution in [0.2, 0.25) is 0 Å². The lowest BCUT2D eigenvalue weighted by Crippen LogP contribution is -2.33. The Morgan fingerprint density at radius 2 is 1.90 bits per heavy atom. The Morgan fingerprint density at radius 3 is 2.42 bits per heavy atom. The van der Waals surface area contributed by atoms with Gasteiger partial charge in [0.25, 0.3) is 0 Å². The van der Waals surface area contributed by atoms with E-state index in [9.17, 15) is 20.1 Å². The number of carbonyl (C=O) groups excluding carboxylic acids is 1. The van der Waals surface area contributed by atoms with Crippen LogP contribution in [0.15, 0.2) is 35.4 Å². The highest BCUT2D eigenvalue weighted by molar-refractivity contribution is 8.00. The third kappa shape index (κ3) is 5.65. The summed E-state index contributed by atoms with van der Waals surface area (Å²) in [6.45, 7) is 2.20. The SMILES string of the molecule is CCc1c(C#N)c(SC(C(N)=O)c2ccccc2)nc(N(C)CCNC(=O)O)c1C#N. The Labute approximate surface area is 184 Å². The van der Waals surface area contributed by atoms with Crippen LogP contribution in [0.5, 0.6) is 0 Å². The number of amides is 2. The van der Waals surface area contributed by atoms with Gasteiger partial charge in [-0.3, -0.25) is 4.79 Å². The zero-order chi connectivity index (χ0) is 23.0.